The predicted octanol–water partition coefficient (Wildman–Crippen LogP) is 2.57. The van der Waals surface area contributed by atoms with Crippen LogP contribution in [0, 0.1) is 0 Å². The lowest BCUT2D eigenvalue weighted by Gasteiger charge is -2.11. The molecule has 3 N–H and O–H groups in total. The van der Waals surface area contributed by atoms with E-state index in [9.17, 15) is 9.59 Å². The standard InChI is InChI=1S/C14H14N2O3S/c15-12(17)11-8-4-1-2-6-10(8)20-14(11)16-13(18)9-5-3-7-19-9/h3,5,7H,1-2,4,6H2,(H2,15,17)(H,16,18). The number of hydrogen-bond donors (Lipinski definition) is 2. The summed E-state index contributed by atoms with van der Waals surface area (Å²) in [6, 6.07) is 3.22. The van der Waals surface area contributed by atoms with Crippen molar-refractivity contribution < 1.29 is 14.0 Å². The summed E-state index contributed by atoms with van der Waals surface area (Å²) in [5, 5.41) is 3.27. The van der Waals surface area contributed by atoms with Gasteiger partial charge in [-0.25, -0.2) is 0 Å². The zero-order valence-electron chi connectivity index (χ0n) is 10.8. The van der Waals surface area contributed by atoms with E-state index in [4.69, 9.17) is 10.2 Å². The molecule has 0 bridgehead atoms. The molecule has 0 aromatic carbocycles. The third-order valence-electron chi connectivity index (χ3n) is 3.39. The highest BCUT2D eigenvalue weighted by molar-refractivity contribution is 7.17. The predicted molar refractivity (Wildman–Crippen MR) is 76.1 cm³/mol. The molecule has 0 unspecified atom stereocenters. The first-order valence-corrected chi connectivity index (χ1v) is 7.27. The lowest BCUT2D eigenvalue weighted by Crippen LogP contribution is -2.18. The van der Waals surface area contributed by atoms with Crippen molar-refractivity contribution in [1.29, 1.82) is 0 Å². The molecule has 2 aromatic heterocycles. The van der Waals surface area contributed by atoms with Crippen LogP contribution in [0.5, 0.6) is 0 Å². The molecule has 0 atom stereocenters. The van der Waals surface area contributed by atoms with E-state index in [1.165, 1.54) is 17.6 Å². The number of fused-ring (bicyclic) bond motifs is 1. The van der Waals surface area contributed by atoms with Crippen molar-refractivity contribution in [3.63, 3.8) is 0 Å². The molecular weight excluding hydrogens is 276 g/mol. The third kappa shape index (κ3) is 2.22. The normalized spacial score (nSPS) is 13.8. The van der Waals surface area contributed by atoms with Crippen molar-refractivity contribution in [1.82, 2.24) is 0 Å². The Bertz CT molecular complexity index is 658. The molecule has 0 saturated heterocycles. The first kappa shape index (κ1) is 12.9. The van der Waals surface area contributed by atoms with Gasteiger partial charge in [0.1, 0.15) is 5.00 Å². The number of carbonyl (C=O) groups excluding carboxylic acids is 2. The second-order valence-electron chi connectivity index (χ2n) is 4.71. The molecule has 0 radical (unpaired) electrons. The molecule has 2 aromatic rings. The molecule has 0 spiro atoms. The van der Waals surface area contributed by atoms with Gasteiger partial charge in [-0.05, 0) is 43.4 Å². The Balaban J connectivity index is 1.95. The fraction of sp³-hybridized carbons (Fsp3) is 0.286. The quantitative estimate of drug-likeness (QED) is 0.911. The van der Waals surface area contributed by atoms with Crippen molar-refractivity contribution in [3.8, 4) is 0 Å². The summed E-state index contributed by atoms with van der Waals surface area (Å²) in [5.41, 5.74) is 6.94. The monoisotopic (exact) mass is 290 g/mol. The van der Waals surface area contributed by atoms with Gasteiger partial charge in [-0.1, -0.05) is 0 Å². The molecular formula is C14H14N2O3S. The van der Waals surface area contributed by atoms with Crippen molar-refractivity contribution in [3.05, 3.63) is 40.2 Å². The largest absolute Gasteiger partial charge is 0.459 e. The summed E-state index contributed by atoms with van der Waals surface area (Å²) in [4.78, 5) is 24.8. The van der Waals surface area contributed by atoms with Crippen LogP contribution in [-0.4, -0.2) is 11.8 Å². The van der Waals surface area contributed by atoms with Gasteiger partial charge in [0.05, 0.1) is 11.8 Å². The minimum atomic E-state index is -0.487. The van der Waals surface area contributed by atoms with Crippen molar-refractivity contribution >= 4 is 28.2 Å². The minimum absolute atomic E-state index is 0.215. The van der Waals surface area contributed by atoms with Crippen LogP contribution in [0.1, 0.15) is 44.2 Å². The number of nitrogens with two attached hydrogens (primary N) is 1. The van der Waals surface area contributed by atoms with Gasteiger partial charge in [0, 0.05) is 4.88 Å². The van der Waals surface area contributed by atoms with Crippen LogP contribution >= 0.6 is 11.3 Å². The third-order valence-corrected chi connectivity index (χ3v) is 4.60. The Kier molecular flexibility index (Phi) is 3.31. The molecule has 1 aliphatic rings. The van der Waals surface area contributed by atoms with Crippen molar-refractivity contribution in [2.24, 2.45) is 5.73 Å². The number of furan rings is 1. The molecule has 2 heterocycles. The van der Waals surface area contributed by atoms with E-state index in [1.54, 1.807) is 12.1 Å². The Labute approximate surface area is 119 Å². The van der Waals surface area contributed by atoms with Crippen LogP contribution < -0.4 is 11.1 Å². The second-order valence-corrected chi connectivity index (χ2v) is 5.82. The molecule has 5 nitrogen and oxygen atoms in total. The maximum Gasteiger partial charge on any atom is 0.291 e. The van der Waals surface area contributed by atoms with Crippen LogP contribution in [0.4, 0.5) is 5.00 Å². The number of nitrogens with one attached hydrogen (secondary N) is 1. The summed E-state index contributed by atoms with van der Waals surface area (Å²) in [6.07, 6.45) is 5.38. The molecule has 104 valence electrons. The van der Waals surface area contributed by atoms with E-state index in [0.29, 0.717) is 10.6 Å². The van der Waals surface area contributed by atoms with Crippen LogP contribution in [0.15, 0.2) is 22.8 Å². The van der Waals surface area contributed by atoms with Gasteiger partial charge in [-0.3, -0.25) is 9.59 Å². The number of primary amides is 1. The number of aryl methyl sites for hydroxylation is 1. The summed E-state index contributed by atoms with van der Waals surface area (Å²) < 4.78 is 5.05. The second kappa shape index (κ2) is 5.13. The highest BCUT2D eigenvalue weighted by atomic mass is 32.1. The van der Waals surface area contributed by atoms with Crippen molar-refractivity contribution in [2.45, 2.75) is 25.7 Å². The van der Waals surface area contributed by atoms with Gasteiger partial charge in [0.15, 0.2) is 5.76 Å². The van der Waals surface area contributed by atoms with Gasteiger partial charge in [-0.2, -0.15) is 0 Å². The molecule has 20 heavy (non-hydrogen) atoms. The van der Waals surface area contributed by atoms with Gasteiger partial charge >= 0.3 is 0 Å². The van der Waals surface area contributed by atoms with E-state index in [1.807, 2.05) is 0 Å². The average Bonchev–Trinajstić information content (AvgIpc) is 3.05. The molecule has 0 fully saturated rings. The van der Waals surface area contributed by atoms with Gasteiger partial charge in [0.25, 0.3) is 11.8 Å². The van der Waals surface area contributed by atoms with E-state index < -0.39 is 5.91 Å². The highest BCUT2D eigenvalue weighted by Crippen LogP contribution is 2.38. The molecule has 1 aliphatic carbocycles. The average molecular weight is 290 g/mol. The summed E-state index contributed by atoms with van der Waals surface area (Å²) >= 11 is 1.44. The number of hydrogen-bond acceptors (Lipinski definition) is 4. The SMILES string of the molecule is NC(=O)c1c(NC(=O)c2ccco2)sc2c1CCCC2. The Morgan fingerprint density at radius 3 is 2.80 bits per heavy atom. The van der Waals surface area contributed by atoms with Gasteiger partial charge < -0.3 is 15.5 Å². The van der Waals surface area contributed by atoms with Crippen LogP contribution in [0.25, 0.3) is 0 Å². The van der Waals surface area contributed by atoms with E-state index in [2.05, 4.69) is 5.32 Å². The van der Waals surface area contributed by atoms with Crippen molar-refractivity contribution in [2.75, 3.05) is 5.32 Å². The summed E-state index contributed by atoms with van der Waals surface area (Å²) in [7, 11) is 0. The Morgan fingerprint density at radius 2 is 2.10 bits per heavy atom. The first-order valence-electron chi connectivity index (χ1n) is 6.46. The van der Waals surface area contributed by atoms with E-state index in [-0.39, 0.29) is 11.7 Å². The lowest BCUT2D eigenvalue weighted by molar-refractivity contribution is 0.0997. The fourth-order valence-electron chi connectivity index (χ4n) is 2.49. The molecule has 6 heteroatoms. The Morgan fingerprint density at radius 1 is 1.30 bits per heavy atom. The number of thiophene rings is 1. The Hall–Kier alpha value is -2.08. The molecule has 3 rings (SSSR count). The molecule has 2 amide bonds. The van der Waals surface area contributed by atoms with Gasteiger partial charge in [0.2, 0.25) is 0 Å². The molecule has 0 aliphatic heterocycles. The van der Waals surface area contributed by atoms with Crippen LogP contribution in [0.2, 0.25) is 0 Å². The summed E-state index contributed by atoms with van der Waals surface area (Å²) in [5.74, 6) is -0.637. The zero-order valence-corrected chi connectivity index (χ0v) is 11.6. The topological polar surface area (TPSA) is 85.3 Å². The van der Waals surface area contributed by atoms with E-state index >= 15 is 0 Å². The maximum absolute atomic E-state index is 12.0. The van der Waals surface area contributed by atoms with Crippen LogP contribution in [-0.2, 0) is 12.8 Å². The fourth-order valence-corrected chi connectivity index (χ4v) is 3.78. The highest BCUT2D eigenvalue weighted by Gasteiger charge is 2.25. The molecule has 0 saturated carbocycles. The number of anilines is 1. The number of amides is 2. The zero-order chi connectivity index (χ0) is 14.1. The smallest absolute Gasteiger partial charge is 0.291 e. The number of carbonyl (C=O) groups is 2. The maximum atomic E-state index is 12.0. The first-order chi connectivity index (χ1) is 9.66. The van der Waals surface area contributed by atoms with Gasteiger partial charge in [-0.15, -0.1) is 11.3 Å². The van der Waals surface area contributed by atoms with Crippen LogP contribution in [0.3, 0.4) is 0 Å². The number of rotatable bonds is 3. The lowest BCUT2D eigenvalue weighted by atomic mass is 9.95. The van der Waals surface area contributed by atoms with E-state index in [0.717, 1.165) is 36.1 Å². The summed E-state index contributed by atoms with van der Waals surface area (Å²) in [6.45, 7) is 0. The minimum Gasteiger partial charge on any atom is -0.459 e.